The number of nitrogens with one attached hydrogen (secondary N) is 1. The maximum absolute atomic E-state index is 12.7. The number of carbonyl (C=O) groups excluding carboxylic acids is 1. The van der Waals surface area contributed by atoms with Crippen LogP contribution < -0.4 is 5.73 Å². The van der Waals surface area contributed by atoms with Crippen LogP contribution in [-0.4, -0.2) is 40.1 Å². The minimum Gasteiger partial charge on any atom is -0.338 e. The highest BCUT2D eigenvalue weighted by Gasteiger charge is 2.25. The van der Waals surface area contributed by atoms with E-state index in [4.69, 9.17) is 17.3 Å². The SMILES string of the molecule is Cl.NC1CCN(C(=O)c2cn[nH]c2-c2ccccc2Cl)CC1. The average Bonchev–Trinajstić information content (AvgIpc) is 2.97. The van der Waals surface area contributed by atoms with Crippen LogP contribution in [0.15, 0.2) is 30.5 Å². The molecular formula is C15H18Cl2N4O. The van der Waals surface area contributed by atoms with Crippen molar-refractivity contribution in [3.8, 4) is 11.3 Å². The number of benzene rings is 1. The van der Waals surface area contributed by atoms with Gasteiger partial charge in [0.25, 0.3) is 5.91 Å². The van der Waals surface area contributed by atoms with Crippen LogP contribution >= 0.6 is 24.0 Å². The van der Waals surface area contributed by atoms with Crippen LogP contribution in [0.2, 0.25) is 5.02 Å². The van der Waals surface area contributed by atoms with Gasteiger partial charge in [-0.05, 0) is 18.9 Å². The van der Waals surface area contributed by atoms with Crippen LogP contribution in [-0.2, 0) is 0 Å². The Balaban J connectivity index is 0.00000176. The van der Waals surface area contributed by atoms with E-state index >= 15 is 0 Å². The average molecular weight is 341 g/mol. The monoisotopic (exact) mass is 340 g/mol. The van der Waals surface area contributed by atoms with E-state index in [9.17, 15) is 4.79 Å². The summed E-state index contributed by atoms with van der Waals surface area (Å²) in [6.07, 6.45) is 3.24. The number of nitrogens with zero attached hydrogens (tertiary/aromatic N) is 2. The van der Waals surface area contributed by atoms with E-state index in [1.165, 1.54) is 0 Å². The summed E-state index contributed by atoms with van der Waals surface area (Å²) in [5.41, 5.74) is 7.89. The van der Waals surface area contributed by atoms with Crippen molar-refractivity contribution in [1.82, 2.24) is 15.1 Å². The summed E-state index contributed by atoms with van der Waals surface area (Å²) in [6, 6.07) is 7.61. The number of piperidine rings is 1. The molecule has 0 unspecified atom stereocenters. The summed E-state index contributed by atoms with van der Waals surface area (Å²) in [5.74, 6) is -0.0226. The third-order valence-electron chi connectivity index (χ3n) is 3.84. The Labute approximate surface area is 140 Å². The van der Waals surface area contributed by atoms with Crippen molar-refractivity contribution >= 4 is 29.9 Å². The lowest BCUT2D eigenvalue weighted by molar-refractivity contribution is 0.0715. The van der Waals surface area contributed by atoms with Gasteiger partial charge in [-0.2, -0.15) is 5.10 Å². The molecule has 0 saturated carbocycles. The van der Waals surface area contributed by atoms with Gasteiger partial charge in [-0.1, -0.05) is 29.8 Å². The van der Waals surface area contributed by atoms with Crippen LogP contribution in [0.4, 0.5) is 0 Å². The lowest BCUT2D eigenvalue weighted by Crippen LogP contribution is -2.42. The predicted molar refractivity (Wildman–Crippen MR) is 89.4 cm³/mol. The van der Waals surface area contributed by atoms with Gasteiger partial charge in [0, 0.05) is 29.7 Å². The van der Waals surface area contributed by atoms with E-state index in [1.54, 1.807) is 12.3 Å². The molecule has 1 saturated heterocycles. The minimum absolute atomic E-state index is 0. The predicted octanol–water partition coefficient (Wildman–Crippen LogP) is 2.72. The Kier molecular flexibility index (Phi) is 5.45. The first-order valence-corrected chi connectivity index (χ1v) is 7.37. The third kappa shape index (κ3) is 3.27. The molecule has 2 heterocycles. The number of aromatic amines is 1. The zero-order chi connectivity index (χ0) is 14.8. The number of nitrogens with two attached hydrogens (primary N) is 1. The standard InChI is InChI=1S/C15H17ClN4O.ClH/c16-13-4-2-1-3-11(13)14-12(9-18-19-14)15(21)20-7-5-10(17)6-8-20;/h1-4,9-10H,5-8,17H2,(H,18,19);1H. The quantitative estimate of drug-likeness (QED) is 0.882. The Bertz CT molecular complexity index is 650. The van der Waals surface area contributed by atoms with Crippen molar-refractivity contribution in [2.24, 2.45) is 5.73 Å². The van der Waals surface area contributed by atoms with Crippen molar-refractivity contribution in [2.45, 2.75) is 18.9 Å². The van der Waals surface area contributed by atoms with Gasteiger partial charge >= 0.3 is 0 Å². The number of aromatic nitrogens is 2. The van der Waals surface area contributed by atoms with Crippen molar-refractivity contribution in [3.63, 3.8) is 0 Å². The molecule has 118 valence electrons. The van der Waals surface area contributed by atoms with E-state index in [0.717, 1.165) is 18.4 Å². The number of rotatable bonds is 2. The molecule has 0 spiro atoms. The van der Waals surface area contributed by atoms with Gasteiger partial charge < -0.3 is 10.6 Å². The second kappa shape index (κ2) is 7.13. The smallest absolute Gasteiger partial charge is 0.257 e. The van der Waals surface area contributed by atoms with E-state index in [0.29, 0.717) is 29.4 Å². The second-order valence-electron chi connectivity index (χ2n) is 5.27. The fourth-order valence-corrected chi connectivity index (χ4v) is 2.82. The molecule has 2 aromatic rings. The first-order valence-electron chi connectivity index (χ1n) is 7.00. The minimum atomic E-state index is -0.0226. The molecule has 1 aromatic carbocycles. The van der Waals surface area contributed by atoms with Crippen LogP contribution in [0.1, 0.15) is 23.2 Å². The largest absolute Gasteiger partial charge is 0.338 e. The van der Waals surface area contributed by atoms with Gasteiger partial charge in [0.05, 0.1) is 17.5 Å². The van der Waals surface area contributed by atoms with Gasteiger partial charge in [0.2, 0.25) is 0 Å². The first kappa shape index (κ1) is 16.8. The Morgan fingerprint density at radius 1 is 1.32 bits per heavy atom. The van der Waals surface area contributed by atoms with Crippen LogP contribution in [0, 0.1) is 0 Å². The molecular weight excluding hydrogens is 323 g/mol. The van der Waals surface area contributed by atoms with Gasteiger partial charge in [0.1, 0.15) is 0 Å². The number of hydrogen-bond acceptors (Lipinski definition) is 3. The summed E-state index contributed by atoms with van der Waals surface area (Å²) in [7, 11) is 0. The van der Waals surface area contributed by atoms with Crippen molar-refractivity contribution in [1.29, 1.82) is 0 Å². The molecule has 3 N–H and O–H groups in total. The molecule has 0 atom stereocenters. The molecule has 1 aliphatic rings. The molecule has 1 aromatic heterocycles. The van der Waals surface area contributed by atoms with Crippen molar-refractivity contribution < 1.29 is 4.79 Å². The molecule has 1 fully saturated rings. The molecule has 1 aliphatic heterocycles. The number of hydrogen-bond donors (Lipinski definition) is 2. The summed E-state index contributed by atoms with van der Waals surface area (Å²) in [5, 5.41) is 7.49. The highest BCUT2D eigenvalue weighted by atomic mass is 35.5. The highest BCUT2D eigenvalue weighted by Crippen LogP contribution is 2.29. The highest BCUT2D eigenvalue weighted by molar-refractivity contribution is 6.33. The summed E-state index contributed by atoms with van der Waals surface area (Å²) in [6.45, 7) is 1.38. The topological polar surface area (TPSA) is 75.0 Å². The molecule has 7 heteroatoms. The van der Waals surface area contributed by atoms with Crippen LogP contribution in [0.25, 0.3) is 11.3 Å². The zero-order valence-corrected chi connectivity index (χ0v) is 13.5. The molecule has 0 radical (unpaired) electrons. The number of likely N-dealkylation sites (tertiary alicyclic amines) is 1. The van der Waals surface area contributed by atoms with Crippen LogP contribution in [0.5, 0.6) is 0 Å². The normalized spacial score (nSPS) is 15.5. The number of halogens is 2. The van der Waals surface area contributed by atoms with Gasteiger partial charge in [-0.3, -0.25) is 9.89 Å². The lowest BCUT2D eigenvalue weighted by atomic mass is 10.0. The van der Waals surface area contributed by atoms with E-state index in [2.05, 4.69) is 10.2 Å². The molecule has 0 aliphatic carbocycles. The lowest BCUT2D eigenvalue weighted by Gasteiger charge is -2.30. The van der Waals surface area contributed by atoms with E-state index in [1.807, 2.05) is 23.1 Å². The fourth-order valence-electron chi connectivity index (χ4n) is 2.59. The number of carbonyl (C=O) groups is 1. The van der Waals surface area contributed by atoms with Crippen molar-refractivity contribution in [3.05, 3.63) is 41.0 Å². The van der Waals surface area contributed by atoms with E-state index in [-0.39, 0.29) is 24.4 Å². The zero-order valence-electron chi connectivity index (χ0n) is 12.0. The van der Waals surface area contributed by atoms with Gasteiger partial charge in [0.15, 0.2) is 0 Å². The fraction of sp³-hybridized carbons (Fsp3) is 0.333. The maximum atomic E-state index is 12.7. The van der Waals surface area contributed by atoms with Crippen molar-refractivity contribution in [2.75, 3.05) is 13.1 Å². The molecule has 5 nitrogen and oxygen atoms in total. The molecule has 1 amide bonds. The van der Waals surface area contributed by atoms with Gasteiger partial charge in [-0.15, -0.1) is 12.4 Å². The van der Waals surface area contributed by atoms with Crippen LogP contribution in [0.3, 0.4) is 0 Å². The molecule has 3 rings (SSSR count). The third-order valence-corrected chi connectivity index (χ3v) is 4.17. The Morgan fingerprint density at radius 2 is 2.00 bits per heavy atom. The van der Waals surface area contributed by atoms with Gasteiger partial charge in [-0.25, -0.2) is 0 Å². The summed E-state index contributed by atoms with van der Waals surface area (Å²) in [4.78, 5) is 14.5. The summed E-state index contributed by atoms with van der Waals surface area (Å²) < 4.78 is 0. The Morgan fingerprint density at radius 3 is 2.68 bits per heavy atom. The first-order chi connectivity index (χ1) is 10.2. The number of H-pyrrole nitrogens is 1. The molecule has 0 bridgehead atoms. The summed E-state index contributed by atoms with van der Waals surface area (Å²) >= 11 is 6.21. The van der Waals surface area contributed by atoms with E-state index < -0.39 is 0 Å². The molecule has 22 heavy (non-hydrogen) atoms. The number of amides is 1. The second-order valence-corrected chi connectivity index (χ2v) is 5.68. The Hall–Kier alpha value is -1.56. The maximum Gasteiger partial charge on any atom is 0.257 e.